The van der Waals surface area contributed by atoms with Gasteiger partial charge in [-0.3, -0.25) is 9.69 Å². The number of halogens is 2. The highest BCUT2D eigenvalue weighted by atomic mass is 35.5. The zero-order chi connectivity index (χ0) is 14.4. The second-order valence-electron chi connectivity index (χ2n) is 5.09. The van der Waals surface area contributed by atoms with Crippen LogP contribution in [0.3, 0.4) is 0 Å². The molecule has 0 unspecified atom stereocenters. The SMILES string of the molecule is Cl.O=C(O)Cc1ccc(OCCN2CCCCC2)c(F)c1. The van der Waals surface area contributed by atoms with Crippen LogP contribution in [-0.2, 0) is 11.2 Å². The third-order valence-corrected chi connectivity index (χ3v) is 3.47. The molecule has 1 saturated heterocycles. The van der Waals surface area contributed by atoms with Crippen LogP contribution >= 0.6 is 12.4 Å². The van der Waals surface area contributed by atoms with Gasteiger partial charge < -0.3 is 9.84 Å². The number of carbonyl (C=O) groups is 1. The lowest BCUT2D eigenvalue weighted by Crippen LogP contribution is -2.33. The van der Waals surface area contributed by atoms with E-state index in [0.29, 0.717) is 12.2 Å². The third-order valence-electron chi connectivity index (χ3n) is 3.47. The van der Waals surface area contributed by atoms with Crippen LogP contribution in [0.2, 0.25) is 0 Å². The van der Waals surface area contributed by atoms with Crippen LogP contribution in [0.15, 0.2) is 18.2 Å². The summed E-state index contributed by atoms with van der Waals surface area (Å²) in [4.78, 5) is 12.9. The van der Waals surface area contributed by atoms with Gasteiger partial charge in [-0.2, -0.15) is 0 Å². The topological polar surface area (TPSA) is 49.8 Å². The van der Waals surface area contributed by atoms with Gasteiger partial charge in [-0.1, -0.05) is 12.5 Å². The summed E-state index contributed by atoms with van der Waals surface area (Å²) >= 11 is 0. The van der Waals surface area contributed by atoms with Gasteiger partial charge >= 0.3 is 5.97 Å². The first-order chi connectivity index (χ1) is 9.65. The maximum atomic E-state index is 13.7. The summed E-state index contributed by atoms with van der Waals surface area (Å²) in [5, 5.41) is 8.65. The molecule has 21 heavy (non-hydrogen) atoms. The molecule has 0 radical (unpaired) electrons. The Hall–Kier alpha value is -1.33. The molecule has 6 heteroatoms. The largest absolute Gasteiger partial charge is 0.489 e. The Morgan fingerprint density at radius 3 is 2.62 bits per heavy atom. The van der Waals surface area contributed by atoms with Crippen molar-refractivity contribution in [3.05, 3.63) is 29.6 Å². The van der Waals surface area contributed by atoms with Crippen LogP contribution < -0.4 is 4.74 Å². The van der Waals surface area contributed by atoms with Gasteiger partial charge in [0.05, 0.1) is 6.42 Å². The molecule has 1 N–H and O–H groups in total. The van der Waals surface area contributed by atoms with E-state index in [1.54, 1.807) is 6.07 Å². The van der Waals surface area contributed by atoms with Crippen molar-refractivity contribution in [2.24, 2.45) is 0 Å². The third kappa shape index (κ3) is 5.89. The molecule has 1 aromatic rings. The van der Waals surface area contributed by atoms with Gasteiger partial charge in [0.2, 0.25) is 0 Å². The predicted molar refractivity (Wildman–Crippen MR) is 80.8 cm³/mol. The van der Waals surface area contributed by atoms with Crippen molar-refractivity contribution in [3.8, 4) is 5.75 Å². The van der Waals surface area contributed by atoms with Crippen LogP contribution in [0.1, 0.15) is 24.8 Å². The van der Waals surface area contributed by atoms with Crippen molar-refractivity contribution in [1.82, 2.24) is 4.90 Å². The summed E-state index contributed by atoms with van der Waals surface area (Å²) in [5.41, 5.74) is 0.443. The van der Waals surface area contributed by atoms with E-state index in [2.05, 4.69) is 4.90 Å². The van der Waals surface area contributed by atoms with Crippen LogP contribution in [-0.4, -0.2) is 42.2 Å². The van der Waals surface area contributed by atoms with Crippen molar-refractivity contribution >= 4 is 18.4 Å². The standard InChI is InChI=1S/C15H20FNO3.ClH/c16-13-10-12(11-15(18)19)4-5-14(13)20-9-8-17-6-2-1-3-7-17;/h4-5,10H,1-3,6-9,11H2,(H,18,19);1H. The van der Waals surface area contributed by atoms with E-state index in [-0.39, 0.29) is 24.6 Å². The molecule has 1 aliphatic heterocycles. The molecule has 2 rings (SSSR count). The van der Waals surface area contributed by atoms with Gasteiger partial charge in [0, 0.05) is 6.54 Å². The van der Waals surface area contributed by atoms with Crippen molar-refractivity contribution < 1.29 is 19.0 Å². The molecule has 1 aliphatic rings. The maximum absolute atomic E-state index is 13.7. The average molecular weight is 318 g/mol. The molecule has 0 bridgehead atoms. The molecule has 0 aliphatic carbocycles. The number of likely N-dealkylation sites (tertiary alicyclic amines) is 1. The fourth-order valence-electron chi connectivity index (χ4n) is 2.41. The second kappa shape index (κ2) is 8.85. The Morgan fingerprint density at radius 2 is 2.00 bits per heavy atom. The fraction of sp³-hybridized carbons (Fsp3) is 0.533. The highest BCUT2D eigenvalue weighted by Gasteiger charge is 2.11. The lowest BCUT2D eigenvalue weighted by molar-refractivity contribution is -0.136. The number of piperidine rings is 1. The van der Waals surface area contributed by atoms with Gasteiger partial charge in [-0.25, -0.2) is 4.39 Å². The monoisotopic (exact) mass is 317 g/mol. The molecule has 118 valence electrons. The number of benzene rings is 1. The average Bonchev–Trinajstić information content (AvgIpc) is 2.42. The van der Waals surface area contributed by atoms with Crippen molar-refractivity contribution in [1.29, 1.82) is 0 Å². The highest BCUT2D eigenvalue weighted by molar-refractivity contribution is 5.85. The summed E-state index contributed by atoms with van der Waals surface area (Å²) in [7, 11) is 0. The van der Waals surface area contributed by atoms with Gasteiger partial charge in [0.1, 0.15) is 6.61 Å². The van der Waals surface area contributed by atoms with Crippen LogP contribution in [0.5, 0.6) is 5.75 Å². The van der Waals surface area contributed by atoms with E-state index >= 15 is 0 Å². The molecule has 0 spiro atoms. The van der Waals surface area contributed by atoms with E-state index < -0.39 is 11.8 Å². The van der Waals surface area contributed by atoms with Gasteiger partial charge in [-0.15, -0.1) is 12.4 Å². The number of aliphatic carboxylic acids is 1. The molecular formula is C15H21ClFNO3. The Labute approximate surface area is 130 Å². The molecule has 1 fully saturated rings. The van der Waals surface area contributed by atoms with E-state index in [0.717, 1.165) is 19.6 Å². The van der Waals surface area contributed by atoms with Gasteiger partial charge in [0.25, 0.3) is 0 Å². The summed E-state index contributed by atoms with van der Waals surface area (Å²) < 4.78 is 19.2. The van der Waals surface area contributed by atoms with Gasteiger partial charge in [-0.05, 0) is 43.6 Å². The first-order valence-corrected chi connectivity index (χ1v) is 7.00. The summed E-state index contributed by atoms with van der Waals surface area (Å²) in [6, 6.07) is 4.32. The molecule has 0 saturated carbocycles. The first kappa shape index (κ1) is 17.7. The normalized spacial score (nSPS) is 15.3. The summed E-state index contributed by atoms with van der Waals surface area (Å²) in [5.74, 6) is -1.28. The van der Waals surface area contributed by atoms with E-state index in [4.69, 9.17) is 9.84 Å². The number of carboxylic acids is 1. The minimum atomic E-state index is -0.969. The van der Waals surface area contributed by atoms with E-state index in [1.165, 1.54) is 31.4 Å². The lowest BCUT2D eigenvalue weighted by Gasteiger charge is -2.26. The van der Waals surface area contributed by atoms with Crippen molar-refractivity contribution in [3.63, 3.8) is 0 Å². The number of ether oxygens (including phenoxy) is 1. The maximum Gasteiger partial charge on any atom is 0.307 e. The van der Waals surface area contributed by atoms with Crippen LogP contribution in [0, 0.1) is 5.82 Å². The first-order valence-electron chi connectivity index (χ1n) is 7.00. The summed E-state index contributed by atoms with van der Waals surface area (Å²) in [6.07, 6.45) is 3.55. The predicted octanol–water partition coefficient (Wildman–Crippen LogP) is 2.74. The van der Waals surface area contributed by atoms with Gasteiger partial charge in [0.15, 0.2) is 11.6 Å². The molecule has 4 nitrogen and oxygen atoms in total. The van der Waals surface area contributed by atoms with Crippen molar-refractivity contribution in [2.75, 3.05) is 26.2 Å². The van der Waals surface area contributed by atoms with Crippen LogP contribution in [0.25, 0.3) is 0 Å². The molecule has 1 aromatic carbocycles. The number of hydrogen-bond acceptors (Lipinski definition) is 3. The summed E-state index contributed by atoms with van der Waals surface area (Å²) in [6.45, 7) is 3.43. The second-order valence-corrected chi connectivity index (χ2v) is 5.09. The highest BCUT2D eigenvalue weighted by Crippen LogP contribution is 2.19. The molecular weight excluding hydrogens is 297 g/mol. The Kier molecular flexibility index (Phi) is 7.47. The van der Waals surface area contributed by atoms with Crippen LogP contribution in [0.4, 0.5) is 4.39 Å². The van der Waals surface area contributed by atoms with E-state index in [9.17, 15) is 9.18 Å². The lowest BCUT2D eigenvalue weighted by atomic mass is 10.1. The van der Waals surface area contributed by atoms with E-state index in [1.807, 2.05) is 0 Å². The Morgan fingerprint density at radius 1 is 1.29 bits per heavy atom. The molecule has 0 amide bonds. The number of rotatable bonds is 6. The minimum Gasteiger partial charge on any atom is -0.489 e. The number of hydrogen-bond donors (Lipinski definition) is 1. The Bertz CT molecular complexity index is 464. The zero-order valence-corrected chi connectivity index (χ0v) is 12.7. The fourth-order valence-corrected chi connectivity index (χ4v) is 2.41. The quantitative estimate of drug-likeness (QED) is 0.876. The minimum absolute atomic E-state index is 0. The molecule has 1 heterocycles. The Balaban J connectivity index is 0.00000220. The number of nitrogens with zero attached hydrogens (tertiary/aromatic N) is 1. The number of carboxylic acid groups (broad SMARTS) is 1. The zero-order valence-electron chi connectivity index (χ0n) is 11.9. The molecule has 0 atom stereocenters. The molecule has 0 aromatic heterocycles. The van der Waals surface area contributed by atoms with Crippen molar-refractivity contribution in [2.45, 2.75) is 25.7 Å². The smallest absolute Gasteiger partial charge is 0.307 e.